The zero-order valence-corrected chi connectivity index (χ0v) is 13.0. The molecule has 0 aromatic carbocycles. The summed E-state index contributed by atoms with van der Waals surface area (Å²) < 4.78 is 37.1. The number of hydrogen-bond acceptors (Lipinski definition) is 5. The van der Waals surface area contributed by atoms with Crippen molar-refractivity contribution in [2.75, 3.05) is 30.9 Å². The van der Waals surface area contributed by atoms with Gasteiger partial charge in [0.25, 0.3) is 0 Å². The summed E-state index contributed by atoms with van der Waals surface area (Å²) in [7, 11) is -2.91. The Bertz CT molecular complexity index is 563. The van der Waals surface area contributed by atoms with Gasteiger partial charge in [-0.05, 0) is 12.5 Å². The number of nitrogens with zero attached hydrogens (tertiary/aromatic N) is 1. The van der Waals surface area contributed by atoms with E-state index in [0.717, 1.165) is 0 Å². The van der Waals surface area contributed by atoms with Crippen LogP contribution in [0.4, 0.5) is 5.82 Å². The monoisotopic (exact) mass is 325 g/mol. The summed E-state index contributed by atoms with van der Waals surface area (Å²) in [6.45, 7) is 0.229. The number of aromatic nitrogens is 1. The SMILES string of the molecule is CNc1ncc(S(=O)(=O)NCCCS(C)=O)cc1Cl. The van der Waals surface area contributed by atoms with Crippen molar-refractivity contribution in [3.8, 4) is 0 Å². The minimum absolute atomic E-state index is 0.00845. The van der Waals surface area contributed by atoms with Crippen LogP contribution in [0.25, 0.3) is 0 Å². The van der Waals surface area contributed by atoms with E-state index in [2.05, 4.69) is 15.0 Å². The van der Waals surface area contributed by atoms with Crippen LogP contribution in [0.15, 0.2) is 17.2 Å². The van der Waals surface area contributed by atoms with Crippen LogP contribution in [-0.2, 0) is 20.8 Å². The molecule has 0 saturated carbocycles. The van der Waals surface area contributed by atoms with E-state index in [1.54, 1.807) is 13.3 Å². The Hall–Kier alpha value is -0.700. The maximum Gasteiger partial charge on any atom is 0.242 e. The molecule has 0 aliphatic heterocycles. The van der Waals surface area contributed by atoms with Crippen LogP contribution in [0.5, 0.6) is 0 Å². The lowest BCUT2D eigenvalue weighted by Gasteiger charge is -2.08. The molecule has 108 valence electrons. The van der Waals surface area contributed by atoms with E-state index in [9.17, 15) is 12.6 Å². The molecule has 0 fully saturated rings. The number of pyridine rings is 1. The highest BCUT2D eigenvalue weighted by atomic mass is 35.5. The molecule has 2 N–H and O–H groups in total. The van der Waals surface area contributed by atoms with E-state index in [0.29, 0.717) is 18.0 Å². The fourth-order valence-corrected chi connectivity index (χ4v) is 3.24. The smallest absolute Gasteiger partial charge is 0.242 e. The third-order valence-electron chi connectivity index (χ3n) is 2.26. The van der Waals surface area contributed by atoms with Crippen LogP contribution in [0.3, 0.4) is 0 Å². The van der Waals surface area contributed by atoms with Gasteiger partial charge in [-0.1, -0.05) is 11.6 Å². The molecule has 9 heteroatoms. The topological polar surface area (TPSA) is 88.2 Å². The normalized spacial score (nSPS) is 13.2. The lowest BCUT2D eigenvalue weighted by atomic mass is 10.4. The van der Waals surface area contributed by atoms with Gasteiger partial charge in [-0.3, -0.25) is 4.21 Å². The first-order valence-corrected chi connectivity index (χ1v) is 9.08. The number of nitrogens with one attached hydrogen (secondary N) is 2. The summed E-state index contributed by atoms with van der Waals surface area (Å²) >= 11 is 5.88. The highest BCUT2D eigenvalue weighted by Crippen LogP contribution is 2.21. The van der Waals surface area contributed by atoms with Crippen LogP contribution >= 0.6 is 11.6 Å². The van der Waals surface area contributed by atoms with Crippen molar-refractivity contribution in [1.29, 1.82) is 0 Å². The molecule has 0 spiro atoms. The standard InChI is InChI=1S/C10H16ClN3O3S2/c1-12-10-9(11)6-8(7-13-10)19(16,17)14-4-3-5-18(2)15/h6-7,14H,3-5H2,1-2H3,(H,12,13). The van der Waals surface area contributed by atoms with Gasteiger partial charge in [0, 0.05) is 42.6 Å². The molecule has 0 aliphatic rings. The minimum Gasteiger partial charge on any atom is -0.372 e. The molecular formula is C10H16ClN3O3S2. The third kappa shape index (κ3) is 5.06. The highest BCUT2D eigenvalue weighted by molar-refractivity contribution is 7.89. The Morgan fingerprint density at radius 2 is 2.16 bits per heavy atom. The zero-order chi connectivity index (χ0) is 14.5. The second-order valence-corrected chi connectivity index (χ2v) is 7.51. The molecule has 1 unspecified atom stereocenters. The predicted molar refractivity (Wildman–Crippen MR) is 77.5 cm³/mol. The lowest BCUT2D eigenvalue weighted by molar-refractivity contribution is 0.580. The Labute approximate surface area is 120 Å². The van der Waals surface area contributed by atoms with Crippen molar-refractivity contribution in [2.45, 2.75) is 11.3 Å². The minimum atomic E-state index is -3.63. The Morgan fingerprint density at radius 3 is 2.68 bits per heavy atom. The first-order valence-electron chi connectivity index (χ1n) is 5.50. The Balaban J connectivity index is 2.72. The molecule has 1 atom stereocenters. The Kier molecular flexibility index (Phi) is 6.18. The van der Waals surface area contributed by atoms with Gasteiger partial charge in [0.2, 0.25) is 10.0 Å². The van der Waals surface area contributed by atoms with Crippen LogP contribution in [-0.4, -0.2) is 43.2 Å². The van der Waals surface area contributed by atoms with Crippen molar-refractivity contribution in [3.63, 3.8) is 0 Å². The second kappa shape index (κ2) is 7.18. The molecule has 1 rings (SSSR count). The van der Waals surface area contributed by atoms with Crippen molar-refractivity contribution in [2.24, 2.45) is 0 Å². The number of halogens is 1. The molecule has 6 nitrogen and oxygen atoms in total. The van der Waals surface area contributed by atoms with Crippen LogP contribution in [0.1, 0.15) is 6.42 Å². The summed E-state index contributed by atoms with van der Waals surface area (Å²) in [5.41, 5.74) is 0. The molecular weight excluding hydrogens is 310 g/mol. The summed E-state index contributed by atoms with van der Waals surface area (Å²) in [6, 6.07) is 1.33. The average molecular weight is 326 g/mol. The summed E-state index contributed by atoms with van der Waals surface area (Å²) in [5.74, 6) is 0.877. The summed E-state index contributed by atoms with van der Waals surface area (Å²) in [4.78, 5) is 3.92. The fourth-order valence-electron chi connectivity index (χ4n) is 1.32. The van der Waals surface area contributed by atoms with Crippen molar-refractivity contribution >= 4 is 38.2 Å². The van der Waals surface area contributed by atoms with Gasteiger partial charge in [-0.25, -0.2) is 18.1 Å². The molecule has 0 bridgehead atoms. The van der Waals surface area contributed by atoms with Gasteiger partial charge in [0.1, 0.15) is 10.7 Å². The van der Waals surface area contributed by atoms with E-state index in [1.165, 1.54) is 12.3 Å². The Morgan fingerprint density at radius 1 is 1.47 bits per heavy atom. The molecule has 1 heterocycles. The number of rotatable bonds is 7. The largest absolute Gasteiger partial charge is 0.372 e. The summed E-state index contributed by atoms with van der Waals surface area (Å²) in [6.07, 6.45) is 3.32. The van der Waals surface area contributed by atoms with Gasteiger partial charge in [-0.15, -0.1) is 0 Å². The molecule has 1 aromatic heterocycles. The van der Waals surface area contributed by atoms with Gasteiger partial charge in [0.05, 0.1) is 5.02 Å². The van der Waals surface area contributed by atoms with Gasteiger partial charge < -0.3 is 5.32 Å². The quantitative estimate of drug-likeness (QED) is 0.725. The van der Waals surface area contributed by atoms with Crippen molar-refractivity contribution in [3.05, 3.63) is 17.3 Å². The predicted octanol–water partition coefficient (Wildman–Crippen LogP) is 0.824. The van der Waals surface area contributed by atoms with E-state index < -0.39 is 20.8 Å². The van der Waals surface area contributed by atoms with Gasteiger partial charge >= 0.3 is 0 Å². The zero-order valence-electron chi connectivity index (χ0n) is 10.6. The van der Waals surface area contributed by atoms with E-state index in [4.69, 9.17) is 11.6 Å². The van der Waals surface area contributed by atoms with E-state index >= 15 is 0 Å². The first kappa shape index (κ1) is 16.4. The van der Waals surface area contributed by atoms with Crippen LogP contribution in [0, 0.1) is 0 Å². The van der Waals surface area contributed by atoms with E-state index in [-0.39, 0.29) is 16.5 Å². The van der Waals surface area contributed by atoms with Crippen LogP contribution in [0.2, 0.25) is 5.02 Å². The maximum atomic E-state index is 11.9. The highest BCUT2D eigenvalue weighted by Gasteiger charge is 2.15. The molecule has 1 aromatic rings. The van der Waals surface area contributed by atoms with Gasteiger partial charge in [-0.2, -0.15) is 0 Å². The molecule has 0 saturated heterocycles. The molecule has 19 heavy (non-hydrogen) atoms. The van der Waals surface area contributed by atoms with E-state index in [1.807, 2.05) is 0 Å². The molecule has 0 aliphatic carbocycles. The van der Waals surface area contributed by atoms with Gasteiger partial charge in [0.15, 0.2) is 0 Å². The number of sulfonamides is 1. The number of anilines is 1. The third-order valence-corrected chi connectivity index (χ3v) is 4.84. The average Bonchev–Trinajstić information content (AvgIpc) is 2.34. The maximum absolute atomic E-state index is 11.9. The lowest BCUT2D eigenvalue weighted by Crippen LogP contribution is -2.25. The number of hydrogen-bond donors (Lipinski definition) is 2. The second-order valence-electron chi connectivity index (χ2n) is 3.78. The molecule has 0 amide bonds. The summed E-state index contributed by atoms with van der Waals surface area (Å²) in [5, 5.41) is 2.98. The fraction of sp³-hybridized carbons (Fsp3) is 0.500. The van der Waals surface area contributed by atoms with Crippen molar-refractivity contribution in [1.82, 2.24) is 9.71 Å². The van der Waals surface area contributed by atoms with Crippen LogP contribution < -0.4 is 10.0 Å². The van der Waals surface area contributed by atoms with Crippen molar-refractivity contribution < 1.29 is 12.6 Å². The first-order chi connectivity index (χ1) is 8.86. The molecule has 0 radical (unpaired) electrons.